The van der Waals surface area contributed by atoms with Crippen molar-refractivity contribution >= 4 is 12.1 Å². The summed E-state index contributed by atoms with van der Waals surface area (Å²) in [5.74, 6) is 0.512. The van der Waals surface area contributed by atoms with Crippen LogP contribution < -0.4 is 20.7 Å². The number of carbonyl (C=O) groups is 1. The number of nitrogens with zero attached hydrogens (tertiary/aromatic N) is 1. The maximum atomic E-state index is 12.2. The third kappa shape index (κ3) is 6.59. The van der Waals surface area contributed by atoms with E-state index in [1.54, 1.807) is 25.3 Å². The molecule has 1 heterocycles. The van der Waals surface area contributed by atoms with Crippen molar-refractivity contribution in [3.05, 3.63) is 41.8 Å². The molecule has 148 valence electrons. The van der Waals surface area contributed by atoms with Gasteiger partial charge in [-0.1, -0.05) is 19.1 Å². The molecule has 1 aromatic rings. The highest BCUT2D eigenvalue weighted by atomic mass is 19.4. The number of rotatable bonds is 7. The van der Waals surface area contributed by atoms with Gasteiger partial charge in [0.1, 0.15) is 17.2 Å². The molecule has 1 aliphatic rings. The summed E-state index contributed by atoms with van der Waals surface area (Å²) in [5, 5.41) is 9.22. The highest BCUT2D eigenvalue weighted by Crippen LogP contribution is 2.22. The molecular weight excluding hydrogens is 361 g/mol. The van der Waals surface area contributed by atoms with Gasteiger partial charge in [0.2, 0.25) is 5.91 Å². The number of halogens is 3. The maximum Gasteiger partial charge on any atom is 0.422 e. The van der Waals surface area contributed by atoms with E-state index in [9.17, 15) is 18.0 Å². The number of ether oxygens (including phenoxy) is 1. The summed E-state index contributed by atoms with van der Waals surface area (Å²) in [5.41, 5.74) is 0.148. The van der Waals surface area contributed by atoms with Crippen molar-refractivity contribution in [3.63, 3.8) is 0 Å². The topological polar surface area (TPSA) is 74.8 Å². The number of aliphatic imine (C=N–C) groups is 1. The lowest BCUT2D eigenvalue weighted by atomic mass is 10.1. The third-order valence-electron chi connectivity index (χ3n) is 3.82. The van der Waals surface area contributed by atoms with Crippen LogP contribution in [-0.2, 0) is 4.79 Å². The average Bonchev–Trinajstić information content (AvgIpc) is 2.59. The van der Waals surface area contributed by atoms with Gasteiger partial charge in [0, 0.05) is 18.7 Å². The summed E-state index contributed by atoms with van der Waals surface area (Å²) in [7, 11) is 0. The molecule has 27 heavy (non-hydrogen) atoms. The Balaban J connectivity index is 1.96. The van der Waals surface area contributed by atoms with E-state index in [1.807, 2.05) is 13.8 Å². The smallest absolute Gasteiger partial charge is 0.422 e. The molecule has 2 unspecified atom stereocenters. The van der Waals surface area contributed by atoms with E-state index >= 15 is 0 Å². The van der Waals surface area contributed by atoms with Crippen molar-refractivity contribution in [2.45, 2.75) is 45.1 Å². The van der Waals surface area contributed by atoms with Crippen LogP contribution in [0.3, 0.4) is 0 Å². The van der Waals surface area contributed by atoms with Gasteiger partial charge in [0.05, 0.1) is 6.20 Å². The van der Waals surface area contributed by atoms with Crippen molar-refractivity contribution in [1.82, 2.24) is 16.0 Å². The number of benzene rings is 1. The summed E-state index contributed by atoms with van der Waals surface area (Å²) >= 11 is 0. The van der Waals surface area contributed by atoms with Crippen LogP contribution in [0.1, 0.15) is 38.8 Å². The lowest BCUT2D eigenvalue weighted by Crippen LogP contribution is -2.59. The minimum absolute atomic E-state index is 0.129. The Morgan fingerprint density at radius 2 is 2.00 bits per heavy atom. The zero-order chi connectivity index (χ0) is 20.1. The van der Waals surface area contributed by atoms with Crippen molar-refractivity contribution in [3.8, 4) is 5.75 Å². The first kappa shape index (κ1) is 20.8. The Morgan fingerprint density at radius 3 is 2.59 bits per heavy atom. The number of amides is 1. The number of nitrogens with one attached hydrogen (secondary N) is 3. The minimum atomic E-state index is -4.37. The Bertz CT molecular complexity index is 716. The Morgan fingerprint density at radius 1 is 1.33 bits per heavy atom. The van der Waals surface area contributed by atoms with E-state index in [1.165, 1.54) is 18.3 Å². The maximum absolute atomic E-state index is 12.2. The average molecular weight is 384 g/mol. The Hall–Kier alpha value is -2.55. The van der Waals surface area contributed by atoms with Gasteiger partial charge in [-0.3, -0.25) is 15.1 Å². The molecule has 3 N–H and O–H groups in total. The lowest BCUT2D eigenvalue weighted by molar-refractivity contribution is -0.153. The highest BCUT2D eigenvalue weighted by molar-refractivity contribution is 5.78. The van der Waals surface area contributed by atoms with E-state index in [0.29, 0.717) is 12.2 Å². The largest absolute Gasteiger partial charge is 0.484 e. The molecule has 0 spiro atoms. The number of carbonyl (C=O) groups excluding carboxylic acids is 1. The summed E-state index contributed by atoms with van der Waals surface area (Å²) in [4.78, 5) is 15.7. The van der Waals surface area contributed by atoms with Crippen molar-refractivity contribution in [2.24, 2.45) is 4.99 Å². The van der Waals surface area contributed by atoms with E-state index in [2.05, 4.69) is 20.9 Å². The Labute approximate surface area is 155 Å². The van der Waals surface area contributed by atoms with Crippen LogP contribution in [0, 0.1) is 0 Å². The predicted molar refractivity (Wildman–Crippen MR) is 96.1 cm³/mol. The molecule has 0 radical (unpaired) electrons. The fourth-order valence-electron chi connectivity index (χ4n) is 2.53. The summed E-state index contributed by atoms with van der Waals surface area (Å²) in [6.07, 6.45) is -0.821. The second-order valence-corrected chi connectivity index (χ2v) is 6.39. The molecule has 1 aliphatic heterocycles. The van der Waals surface area contributed by atoms with Gasteiger partial charge in [-0.25, -0.2) is 0 Å². The lowest BCUT2D eigenvalue weighted by Gasteiger charge is -2.35. The van der Waals surface area contributed by atoms with Crippen molar-refractivity contribution in [2.75, 3.05) is 6.61 Å². The summed E-state index contributed by atoms with van der Waals surface area (Å²) in [6.45, 7) is 4.20. The van der Waals surface area contributed by atoms with Crippen LogP contribution in [-0.4, -0.2) is 30.6 Å². The molecular formula is C18H23F3N4O2. The fourth-order valence-corrected chi connectivity index (χ4v) is 2.53. The molecule has 1 amide bonds. The second-order valence-electron chi connectivity index (χ2n) is 6.39. The SMILES string of the molecule is CCC(=O)NC1=CN=CC(C)(NC(C)c2ccc(OCC(F)(F)F)cc2)N1. The van der Waals surface area contributed by atoms with Crippen LogP contribution in [0.4, 0.5) is 13.2 Å². The molecule has 0 saturated heterocycles. The van der Waals surface area contributed by atoms with Gasteiger partial charge in [0.25, 0.3) is 0 Å². The number of hydrogen-bond donors (Lipinski definition) is 3. The molecule has 0 aliphatic carbocycles. The zero-order valence-electron chi connectivity index (χ0n) is 15.4. The quantitative estimate of drug-likeness (QED) is 0.676. The van der Waals surface area contributed by atoms with Gasteiger partial charge < -0.3 is 15.4 Å². The van der Waals surface area contributed by atoms with Crippen molar-refractivity contribution < 1.29 is 22.7 Å². The van der Waals surface area contributed by atoms with E-state index in [-0.39, 0.29) is 17.7 Å². The highest BCUT2D eigenvalue weighted by Gasteiger charge is 2.29. The number of alkyl halides is 3. The van der Waals surface area contributed by atoms with Gasteiger partial charge in [-0.05, 0) is 31.5 Å². The standard InChI is InChI=1S/C18H23F3N4O2/c1-4-16(26)23-15-9-22-10-17(3,25-15)24-12(2)13-5-7-14(8-6-13)27-11-18(19,20)21/h5-10,12,24-25H,4,11H2,1-3H3,(H,23,26). The molecule has 2 rings (SSSR count). The van der Waals surface area contributed by atoms with Gasteiger partial charge in [-0.15, -0.1) is 0 Å². The molecule has 0 saturated carbocycles. The van der Waals surface area contributed by atoms with Gasteiger partial charge in [-0.2, -0.15) is 13.2 Å². The molecule has 0 bridgehead atoms. The fraction of sp³-hybridized carbons (Fsp3) is 0.444. The molecule has 0 aromatic heterocycles. The molecule has 6 nitrogen and oxygen atoms in total. The van der Waals surface area contributed by atoms with Gasteiger partial charge >= 0.3 is 6.18 Å². The summed E-state index contributed by atoms with van der Waals surface area (Å²) in [6, 6.07) is 6.24. The zero-order valence-corrected chi connectivity index (χ0v) is 15.4. The predicted octanol–water partition coefficient (Wildman–Crippen LogP) is 2.99. The van der Waals surface area contributed by atoms with Crippen LogP contribution in [0.5, 0.6) is 5.75 Å². The van der Waals surface area contributed by atoms with Crippen LogP contribution in [0.15, 0.2) is 41.3 Å². The van der Waals surface area contributed by atoms with Crippen molar-refractivity contribution in [1.29, 1.82) is 0 Å². The van der Waals surface area contributed by atoms with E-state index < -0.39 is 18.4 Å². The number of hydrogen-bond acceptors (Lipinski definition) is 5. The van der Waals surface area contributed by atoms with E-state index in [4.69, 9.17) is 4.74 Å². The van der Waals surface area contributed by atoms with Crippen LogP contribution in [0.2, 0.25) is 0 Å². The molecule has 9 heteroatoms. The molecule has 2 atom stereocenters. The first-order valence-electron chi connectivity index (χ1n) is 8.50. The minimum Gasteiger partial charge on any atom is -0.484 e. The first-order chi connectivity index (χ1) is 12.6. The first-order valence-corrected chi connectivity index (χ1v) is 8.50. The third-order valence-corrected chi connectivity index (χ3v) is 3.82. The van der Waals surface area contributed by atoms with E-state index in [0.717, 1.165) is 5.56 Å². The second kappa shape index (κ2) is 8.43. The normalized spacial score (nSPS) is 20.4. The van der Waals surface area contributed by atoms with Gasteiger partial charge in [0.15, 0.2) is 6.61 Å². The Kier molecular flexibility index (Phi) is 6.48. The summed E-state index contributed by atoms with van der Waals surface area (Å²) < 4.78 is 41.3. The molecule has 1 aromatic carbocycles. The molecule has 0 fully saturated rings. The van der Waals surface area contributed by atoms with Crippen LogP contribution >= 0.6 is 0 Å². The van der Waals surface area contributed by atoms with Crippen LogP contribution in [0.25, 0.3) is 0 Å². The monoisotopic (exact) mass is 384 g/mol.